The van der Waals surface area contributed by atoms with Gasteiger partial charge in [0.05, 0.1) is 23.1 Å². The van der Waals surface area contributed by atoms with Crippen molar-refractivity contribution in [1.82, 2.24) is 15.0 Å². The maximum absolute atomic E-state index is 12.6. The first-order chi connectivity index (χ1) is 16.0. The van der Waals surface area contributed by atoms with Gasteiger partial charge in [-0.05, 0) is 54.9 Å². The monoisotopic (exact) mass is 478 g/mol. The zero-order chi connectivity index (χ0) is 22.9. The van der Waals surface area contributed by atoms with E-state index in [1.54, 1.807) is 30.8 Å². The average Bonchev–Trinajstić information content (AvgIpc) is 3.21. The molecular weight excluding hydrogens is 452 g/mol. The quantitative estimate of drug-likeness (QED) is 0.271. The van der Waals surface area contributed by atoms with Gasteiger partial charge in [-0.3, -0.25) is 4.79 Å². The minimum Gasteiger partial charge on any atom is -0.497 e. The van der Waals surface area contributed by atoms with Gasteiger partial charge in [0.15, 0.2) is 0 Å². The zero-order valence-corrected chi connectivity index (χ0v) is 20.6. The number of anilines is 1. The smallest absolute Gasteiger partial charge is 0.234 e. The van der Waals surface area contributed by atoms with E-state index < -0.39 is 0 Å². The lowest BCUT2D eigenvalue weighted by Crippen LogP contribution is -2.14. The molecule has 0 atom stereocenters. The van der Waals surface area contributed by atoms with Crippen molar-refractivity contribution < 1.29 is 9.53 Å². The van der Waals surface area contributed by atoms with E-state index in [2.05, 4.69) is 29.1 Å². The van der Waals surface area contributed by atoms with Gasteiger partial charge in [0.25, 0.3) is 0 Å². The van der Waals surface area contributed by atoms with Crippen LogP contribution in [0.5, 0.6) is 5.75 Å². The number of carbonyl (C=O) groups excluding carboxylic acids is 1. The van der Waals surface area contributed by atoms with Crippen molar-refractivity contribution in [2.45, 2.75) is 50.5 Å². The number of nitrogens with one attached hydrogen (secondary N) is 1. The van der Waals surface area contributed by atoms with Gasteiger partial charge in [0.2, 0.25) is 5.91 Å². The highest BCUT2D eigenvalue weighted by Crippen LogP contribution is 2.42. The molecule has 1 aliphatic rings. The van der Waals surface area contributed by atoms with E-state index in [1.165, 1.54) is 46.8 Å². The standard InChI is InChI=1S/C25H26N4O2S2/c1-14(2)21-18-10-5-4-9-17(18)20-22-23(33-24(20)29-21)25(27-13-26-22)32-12-19(30)28-15-7-6-8-16(11-15)31-3/h6-8,11,13-14H,4-5,9-10,12H2,1-3H3,(H,28,30). The average molecular weight is 479 g/mol. The van der Waals surface area contributed by atoms with Crippen molar-refractivity contribution in [3.63, 3.8) is 0 Å². The molecule has 33 heavy (non-hydrogen) atoms. The summed E-state index contributed by atoms with van der Waals surface area (Å²) in [5, 5.41) is 4.96. The molecule has 0 spiro atoms. The number of thioether (sulfide) groups is 1. The van der Waals surface area contributed by atoms with E-state index in [4.69, 9.17) is 9.72 Å². The number of amides is 1. The van der Waals surface area contributed by atoms with Crippen LogP contribution in [0.2, 0.25) is 0 Å². The topological polar surface area (TPSA) is 77.0 Å². The molecule has 170 valence electrons. The third-order valence-electron chi connectivity index (χ3n) is 5.96. The number of nitrogens with zero attached hydrogens (tertiary/aromatic N) is 3. The lowest BCUT2D eigenvalue weighted by atomic mass is 9.86. The van der Waals surface area contributed by atoms with Crippen molar-refractivity contribution in [2.75, 3.05) is 18.2 Å². The van der Waals surface area contributed by atoms with Crippen molar-refractivity contribution in [1.29, 1.82) is 0 Å². The lowest BCUT2D eigenvalue weighted by Gasteiger charge is -2.21. The summed E-state index contributed by atoms with van der Waals surface area (Å²) in [7, 11) is 1.61. The molecule has 0 aliphatic heterocycles. The van der Waals surface area contributed by atoms with Crippen LogP contribution >= 0.6 is 23.1 Å². The van der Waals surface area contributed by atoms with Gasteiger partial charge >= 0.3 is 0 Å². The maximum Gasteiger partial charge on any atom is 0.234 e. The SMILES string of the molecule is COc1cccc(NC(=O)CSc2ncnc3c2sc2nc(C(C)C)c4c(c23)CCCC4)c1. The minimum absolute atomic E-state index is 0.0845. The van der Waals surface area contributed by atoms with E-state index in [-0.39, 0.29) is 11.7 Å². The van der Waals surface area contributed by atoms with Gasteiger partial charge in [0.1, 0.15) is 21.9 Å². The van der Waals surface area contributed by atoms with Crippen LogP contribution in [0.15, 0.2) is 35.6 Å². The predicted octanol–water partition coefficient (Wildman–Crippen LogP) is 5.98. The Morgan fingerprint density at radius 1 is 1.21 bits per heavy atom. The molecule has 0 saturated heterocycles. The molecule has 1 amide bonds. The van der Waals surface area contributed by atoms with Crippen LogP contribution in [0, 0.1) is 0 Å². The first-order valence-electron chi connectivity index (χ1n) is 11.2. The Kier molecular flexibility index (Phi) is 6.21. The molecule has 6 nitrogen and oxygen atoms in total. The van der Waals surface area contributed by atoms with Crippen molar-refractivity contribution in [3.8, 4) is 5.75 Å². The van der Waals surface area contributed by atoms with Crippen LogP contribution in [0.25, 0.3) is 20.4 Å². The number of pyridine rings is 1. The molecule has 1 aromatic carbocycles. The Hall–Kier alpha value is -2.71. The van der Waals surface area contributed by atoms with Gasteiger partial charge in [-0.25, -0.2) is 15.0 Å². The van der Waals surface area contributed by atoms with Gasteiger partial charge in [-0.1, -0.05) is 31.7 Å². The lowest BCUT2D eigenvalue weighted by molar-refractivity contribution is -0.113. The molecule has 0 fully saturated rings. The maximum atomic E-state index is 12.6. The normalized spacial score (nSPS) is 13.5. The fourth-order valence-corrected chi connectivity index (χ4v) is 6.52. The fraction of sp³-hybridized carbons (Fsp3) is 0.360. The Balaban J connectivity index is 1.45. The molecule has 8 heteroatoms. The first-order valence-corrected chi connectivity index (χ1v) is 13.0. The minimum atomic E-state index is -0.0845. The number of thiophene rings is 1. The summed E-state index contributed by atoms with van der Waals surface area (Å²) in [4.78, 5) is 27.9. The van der Waals surface area contributed by atoms with Crippen LogP contribution in [0.3, 0.4) is 0 Å². The Morgan fingerprint density at radius 3 is 2.82 bits per heavy atom. The van der Waals surface area contributed by atoms with E-state index in [9.17, 15) is 4.79 Å². The second kappa shape index (κ2) is 9.27. The summed E-state index contributed by atoms with van der Waals surface area (Å²) in [6.45, 7) is 4.44. The fourth-order valence-electron chi connectivity index (χ4n) is 4.48. The second-order valence-electron chi connectivity index (χ2n) is 8.52. The van der Waals surface area contributed by atoms with Gasteiger partial charge in [0, 0.05) is 22.8 Å². The molecule has 5 rings (SSSR count). The van der Waals surface area contributed by atoms with Crippen LogP contribution in [0.1, 0.15) is 49.4 Å². The highest BCUT2D eigenvalue weighted by atomic mass is 32.2. The summed E-state index contributed by atoms with van der Waals surface area (Å²) < 4.78 is 6.25. The summed E-state index contributed by atoms with van der Waals surface area (Å²) in [6.07, 6.45) is 6.22. The first kappa shape index (κ1) is 22.1. The Morgan fingerprint density at radius 2 is 2.03 bits per heavy atom. The summed E-state index contributed by atoms with van der Waals surface area (Å²) in [5.74, 6) is 1.28. The highest BCUT2D eigenvalue weighted by Gasteiger charge is 2.24. The summed E-state index contributed by atoms with van der Waals surface area (Å²) in [6, 6.07) is 7.35. The summed E-state index contributed by atoms with van der Waals surface area (Å²) >= 11 is 3.09. The van der Waals surface area contributed by atoms with Gasteiger partial charge in [-0.2, -0.15) is 0 Å². The number of aryl methyl sites for hydroxylation is 1. The van der Waals surface area contributed by atoms with Crippen LogP contribution < -0.4 is 10.1 Å². The number of rotatable bonds is 6. The van der Waals surface area contributed by atoms with E-state index >= 15 is 0 Å². The van der Waals surface area contributed by atoms with Crippen molar-refractivity contribution >= 4 is 55.1 Å². The molecule has 3 aromatic heterocycles. The Bertz CT molecular complexity index is 1350. The third kappa shape index (κ3) is 4.29. The van der Waals surface area contributed by atoms with E-state index in [0.29, 0.717) is 17.4 Å². The molecule has 0 radical (unpaired) electrons. The molecule has 4 aromatic rings. The van der Waals surface area contributed by atoms with Crippen LogP contribution in [0.4, 0.5) is 5.69 Å². The molecule has 1 aliphatic carbocycles. The Labute approximate surface area is 201 Å². The zero-order valence-electron chi connectivity index (χ0n) is 19.0. The number of aromatic nitrogens is 3. The number of fused-ring (bicyclic) bond motifs is 5. The van der Waals surface area contributed by atoms with E-state index in [0.717, 1.165) is 32.9 Å². The molecule has 0 unspecified atom stereocenters. The number of ether oxygens (including phenoxy) is 1. The predicted molar refractivity (Wildman–Crippen MR) is 136 cm³/mol. The molecule has 1 N–H and O–H groups in total. The molecule has 0 bridgehead atoms. The summed E-state index contributed by atoms with van der Waals surface area (Å²) in [5.41, 5.74) is 5.76. The van der Waals surface area contributed by atoms with Gasteiger partial charge in [-0.15, -0.1) is 11.3 Å². The van der Waals surface area contributed by atoms with Crippen LogP contribution in [-0.4, -0.2) is 33.7 Å². The molecule has 0 saturated carbocycles. The number of hydrogen-bond donors (Lipinski definition) is 1. The number of benzene rings is 1. The van der Waals surface area contributed by atoms with Crippen LogP contribution in [-0.2, 0) is 17.6 Å². The second-order valence-corrected chi connectivity index (χ2v) is 10.5. The highest BCUT2D eigenvalue weighted by molar-refractivity contribution is 8.00. The molecule has 3 heterocycles. The van der Waals surface area contributed by atoms with Crippen molar-refractivity contribution in [3.05, 3.63) is 47.4 Å². The van der Waals surface area contributed by atoms with Gasteiger partial charge < -0.3 is 10.1 Å². The van der Waals surface area contributed by atoms with E-state index in [1.807, 2.05) is 18.2 Å². The largest absolute Gasteiger partial charge is 0.497 e. The molecular formula is C25H26N4O2S2. The number of carbonyl (C=O) groups is 1. The number of methoxy groups -OCH3 is 1. The number of hydrogen-bond acceptors (Lipinski definition) is 7. The third-order valence-corrected chi connectivity index (χ3v) is 8.16. The van der Waals surface area contributed by atoms with Crippen molar-refractivity contribution in [2.24, 2.45) is 0 Å².